The average molecular weight is 378 g/mol. The van der Waals surface area contributed by atoms with Gasteiger partial charge in [-0.15, -0.1) is 0 Å². The maximum atomic E-state index is 11.6. The van der Waals surface area contributed by atoms with E-state index in [-0.39, 0.29) is 5.97 Å². The summed E-state index contributed by atoms with van der Waals surface area (Å²) in [6.45, 7) is 5.46. The predicted octanol–water partition coefficient (Wildman–Crippen LogP) is 3.82. The van der Waals surface area contributed by atoms with Gasteiger partial charge in [0.25, 0.3) is 0 Å². The Balaban J connectivity index is 1.58. The SMILES string of the molecule is CCOC(=O)CCN1CCC(=C2c3ccccc3OCc3ncccc32)CC1. The molecular weight excluding hydrogens is 352 g/mol. The van der Waals surface area contributed by atoms with E-state index in [4.69, 9.17) is 9.47 Å². The number of ether oxygens (including phenoxy) is 2. The molecular formula is C23H26N2O3. The van der Waals surface area contributed by atoms with Crippen molar-refractivity contribution in [2.75, 3.05) is 26.2 Å². The Kier molecular flexibility index (Phi) is 5.72. The zero-order chi connectivity index (χ0) is 19.3. The number of piperidine rings is 1. The van der Waals surface area contributed by atoms with E-state index in [2.05, 4.69) is 28.1 Å². The van der Waals surface area contributed by atoms with Gasteiger partial charge in [-0.1, -0.05) is 29.8 Å². The summed E-state index contributed by atoms with van der Waals surface area (Å²) in [6, 6.07) is 12.4. The zero-order valence-electron chi connectivity index (χ0n) is 16.3. The average Bonchev–Trinajstić information content (AvgIpc) is 2.90. The Bertz CT molecular complexity index is 831. The standard InChI is InChI=1S/C23H26N2O3/c1-2-27-22(26)11-15-25-13-9-17(10-14-25)23-18-7-5-12-24-20(18)16-28-21-8-4-3-6-19(21)23/h3-8,12H,2,9-11,13-16H2,1H3. The molecule has 28 heavy (non-hydrogen) atoms. The summed E-state index contributed by atoms with van der Waals surface area (Å²) in [6.07, 6.45) is 4.27. The molecule has 1 aromatic heterocycles. The van der Waals surface area contributed by atoms with Gasteiger partial charge in [-0.05, 0) is 37.5 Å². The maximum absolute atomic E-state index is 11.6. The second-order valence-corrected chi connectivity index (χ2v) is 7.16. The molecule has 0 unspecified atom stereocenters. The third-order valence-corrected chi connectivity index (χ3v) is 5.43. The summed E-state index contributed by atoms with van der Waals surface area (Å²) >= 11 is 0. The number of likely N-dealkylation sites (tertiary alicyclic amines) is 1. The first-order chi connectivity index (χ1) is 13.8. The molecule has 5 heteroatoms. The number of hydrogen-bond acceptors (Lipinski definition) is 5. The molecule has 0 spiro atoms. The summed E-state index contributed by atoms with van der Waals surface area (Å²) in [4.78, 5) is 18.6. The van der Waals surface area contributed by atoms with Crippen LogP contribution in [0.5, 0.6) is 5.75 Å². The van der Waals surface area contributed by atoms with Crippen molar-refractivity contribution >= 4 is 11.5 Å². The Hall–Kier alpha value is -2.66. The van der Waals surface area contributed by atoms with Crippen LogP contribution in [-0.4, -0.2) is 42.1 Å². The number of esters is 1. The third-order valence-electron chi connectivity index (χ3n) is 5.43. The van der Waals surface area contributed by atoms with E-state index in [9.17, 15) is 4.79 Å². The molecule has 0 saturated carbocycles. The highest BCUT2D eigenvalue weighted by molar-refractivity contribution is 5.86. The van der Waals surface area contributed by atoms with Crippen LogP contribution in [0.2, 0.25) is 0 Å². The minimum atomic E-state index is -0.110. The molecule has 2 aromatic rings. The molecule has 2 aliphatic rings. The molecule has 3 heterocycles. The van der Waals surface area contributed by atoms with E-state index in [0.717, 1.165) is 49.5 Å². The molecule has 2 aliphatic heterocycles. The van der Waals surface area contributed by atoms with Crippen molar-refractivity contribution in [2.24, 2.45) is 0 Å². The van der Waals surface area contributed by atoms with Crippen LogP contribution in [0.1, 0.15) is 43.0 Å². The fraction of sp³-hybridized carbons (Fsp3) is 0.391. The normalized spacial score (nSPS) is 16.6. The van der Waals surface area contributed by atoms with E-state index in [0.29, 0.717) is 19.6 Å². The van der Waals surface area contributed by atoms with Crippen molar-refractivity contribution in [3.63, 3.8) is 0 Å². The topological polar surface area (TPSA) is 51.7 Å². The van der Waals surface area contributed by atoms with Crippen LogP contribution >= 0.6 is 0 Å². The molecule has 0 N–H and O–H groups in total. The van der Waals surface area contributed by atoms with E-state index in [1.807, 2.05) is 31.3 Å². The lowest BCUT2D eigenvalue weighted by atomic mass is 9.87. The molecule has 0 amide bonds. The Morgan fingerprint density at radius 3 is 2.75 bits per heavy atom. The maximum Gasteiger partial charge on any atom is 0.307 e. The van der Waals surface area contributed by atoms with Crippen LogP contribution in [-0.2, 0) is 16.1 Å². The predicted molar refractivity (Wildman–Crippen MR) is 108 cm³/mol. The van der Waals surface area contributed by atoms with Crippen LogP contribution in [0.3, 0.4) is 0 Å². The summed E-state index contributed by atoms with van der Waals surface area (Å²) < 4.78 is 11.1. The van der Waals surface area contributed by atoms with Crippen LogP contribution < -0.4 is 4.74 Å². The number of fused-ring (bicyclic) bond motifs is 2. The van der Waals surface area contributed by atoms with Gasteiger partial charge in [-0.2, -0.15) is 0 Å². The molecule has 1 aromatic carbocycles. The molecule has 4 rings (SSSR count). The number of nitrogens with zero attached hydrogens (tertiary/aromatic N) is 2. The summed E-state index contributed by atoms with van der Waals surface area (Å²) in [5, 5.41) is 0. The van der Waals surface area contributed by atoms with E-state index in [1.165, 1.54) is 16.7 Å². The Morgan fingerprint density at radius 1 is 1.14 bits per heavy atom. The first-order valence-electron chi connectivity index (χ1n) is 10.0. The minimum Gasteiger partial charge on any atom is -0.487 e. The number of aromatic nitrogens is 1. The lowest BCUT2D eigenvalue weighted by Gasteiger charge is -2.30. The number of carbonyl (C=O) groups excluding carboxylic acids is 1. The van der Waals surface area contributed by atoms with Gasteiger partial charge < -0.3 is 14.4 Å². The zero-order valence-corrected chi connectivity index (χ0v) is 16.3. The molecule has 0 atom stereocenters. The first kappa shape index (κ1) is 18.7. The Morgan fingerprint density at radius 2 is 1.93 bits per heavy atom. The van der Waals surface area contributed by atoms with E-state index in [1.54, 1.807) is 0 Å². The number of pyridine rings is 1. The fourth-order valence-electron chi connectivity index (χ4n) is 4.03. The quantitative estimate of drug-likeness (QED) is 0.757. The van der Waals surface area contributed by atoms with Gasteiger partial charge in [0.05, 0.1) is 18.7 Å². The third kappa shape index (κ3) is 3.94. The van der Waals surface area contributed by atoms with Crippen molar-refractivity contribution in [3.05, 3.63) is 65.0 Å². The molecule has 1 saturated heterocycles. The van der Waals surface area contributed by atoms with Crippen LogP contribution in [0.15, 0.2) is 48.2 Å². The first-order valence-corrected chi connectivity index (χ1v) is 10.0. The second-order valence-electron chi connectivity index (χ2n) is 7.16. The molecule has 146 valence electrons. The van der Waals surface area contributed by atoms with Crippen LogP contribution in [0, 0.1) is 0 Å². The Labute approximate surface area is 166 Å². The lowest BCUT2D eigenvalue weighted by molar-refractivity contribution is -0.143. The van der Waals surface area contributed by atoms with Crippen molar-refractivity contribution in [1.29, 1.82) is 0 Å². The van der Waals surface area contributed by atoms with Crippen LogP contribution in [0.25, 0.3) is 5.57 Å². The summed E-state index contributed by atoms with van der Waals surface area (Å²) in [5.74, 6) is 0.814. The highest BCUT2D eigenvalue weighted by Crippen LogP contribution is 2.40. The molecule has 0 aliphatic carbocycles. The van der Waals surface area contributed by atoms with Crippen molar-refractivity contribution < 1.29 is 14.3 Å². The number of para-hydroxylation sites is 1. The van der Waals surface area contributed by atoms with Crippen molar-refractivity contribution in [1.82, 2.24) is 9.88 Å². The van der Waals surface area contributed by atoms with Crippen molar-refractivity contribution in [2.45, 2.75) is 32.8 Å². The fourth-order valence-corrected chi connectivity index (χ4v) is 4.03. The lowest BCUT2D eigenvalue weighted by Crippen LogP contribution is -2.33. The van der Waals surface area contributed by atoms with Crippen LogP contribution in [0.4, 0.5) is 0 Å². The number of carbonyl (C=O) groups is 1. The van der Waals surface area contributed by atoms with Crippen molar-refractivity contribution in [3.8, 4) is 5.75 Å². The number of rotatable bonds is 4. The highest BCUT2D eigenvalue weighted by atomic mass is 16.5. The molecule has 1 fully saturated rings. The van der Waals surface area contributed by atoms with E-state index < -0.39 is 0 Å². The van der Waals surface area contributed by atoms with Gasteiger partial charge in [-0.3, -0.25) is 9.78 Å². The number of hydrogen-bond donors (Lipinski definition) is 0. The molecule has 0 bridgehead atoms. The van der Waals surface area contributed by atoms with Gasteiger partial charge in [0.1, 0.15) is 12.4 Å². The smallest absolute Gasteiger partial charge is 0.307 e. The summed E-state index contributed by atoms with van der Waals surface area (Å²) in [5.41, 5.74) is 6.05. The monoisotopic (exact) mass is 378 g/mol. The van der Waals surface area contributed by atoms with E-state index >= 15 is 0 Å². The minimum absolute atomic E-state index is 0.110. The number of benzene rings is 1. The van der Waals surface area contributed by atoms with Gasteiger partial charge in [0.15, 0.2) is 0 Å². The van der Waals surface area contributed by atoms with Gasteiger partial charge >= 0.3 is 5.97 Å². The summed E-state index contributed by atoms with van der Waals surface area (Å²) in [7, 11) is 0. The second kappa shape index (κ2) is 8.57. The molecule has 0 radical (unpaired) electrons. The van der Waals surface area contributed by atoms with Gasteiger partial charge in [-0.25, -0.2) is 0 Å². The van der Waals surface area contributed by atoms with Gasteiger partial charge in [0.2, 0.25) is 0 Å². The molecule has 5 nitrogen and oxygen atoms in total. The van der Waals surface area contributed by atoms with Gasteiger partial charge in [0, 0.05) is 37.0 Å². The highest BCUT2D eigenvalue weighted by Gasteiger charge is 2.25. The largest absolute Gasteiger partial charge is 0.487 e.